The fourth-order valence-electron chi connectivity index (χ4n) is 2.67. The number of benzene rings is 1. The summed E-state index contributed by atoms with van der Waals surface area (Å²) in [5.41, 5.74) is 1.34. The van der Waals surface area contributed by atoms with E-state index in [1.165, 1.54) is 18.4 Å². The highest BCUT2D eigenvalue weighted by Crippen LogP contribution is 2.26. The Morgan fingerprint density at radius 3 is 2.89 bits per heavy atom. The number of rotatable bonds is 6. The first-order chi connectivity index (χ1) is 9.24. The van der Waals surface area contributed by atoms with Gasteiger partial charge in [-0.3, -0.25) is 4.90 Å². The molecule has 1 unspecified atom stereocenters. The van der Waals surface area contributed by atoms with Crippen LogP contribution in [0.25, 0.3) is 0 Å². The molecule has 0 spiro atoms. The lowest BCUT2D eigenvalue weighted by Gasteiger charge is -2.28. The van der Waals surface area contributed by atoms with Crippen molar-refractivity contribution in [2.75, 3.05) is 26.7 Å². The first-order valence-corrected chi connectivity index (χ1v) is 7.81. The molecule has 0 radical (unpaired) electrons. The van der Waals surface area contributed by atoms with Crippen LogP contribution in [0.15, 0.2) is 22.7 Å². The van der Waals surface area contributed by atoms with Gasteiger partial charge < -0.3 is 10.1 Å². The van der Waals surface area contributed by atoms with Crippen LogP contribution in [0.1, 0.15) is 25.3 Å². The lowest BCUT2D eigenvalue weighted by atomic mass is 10.1. The maximum absolute atomic E-state index is 5.28. The third-order valence-electron chi connectivity index (χ3n) is 3.66. The van der Waals surface area contributed by atoms with Gasteiger partial charge in [0.2, 0.25) is 0 Å². The molecule has 106 valence electrons. The molecule has 1 aliphatic heterocycles. The van der Waals surface area contributed by atoms with Crippen molar-refractivity contribution >= 4 is 15.9 Å². The van der Waals surface area contributed by atoms with E-state index in [4.69, 9.17) is 4.74 Å². The zero-order valence-electron chi connectivity index (χ0n) is 11.8. The molecule has 0 saturated carbocycles. The van der Waals surface area contributed by atoms with Gasteiger partial charge in [0, 0.05) is 19.1 Å². The molecule has 1 aromatic carbocycles. The third-order valence-corrected chi connectivity index (χ3v) is 4.28. The summed E-state index contributed by atoms with van der Waals surface area (Å²) in [5, 5.41) is 3.46. The van der Waals surface area contributed by atoms with Crippen molar-refractivity contribution in [2.45, 2.75) is 32.4 Å². The predicted molar refractivity (Wildman–Crippen MR) is 82.7 cm³/mol. The van der Waals surface area contributed by atoms with E-state index in [1.54, 1.807) is 7.11 Å². The fraction of sp³-hybridized carbons (Fsp3) is 0.600. The Morgan fingerprint density at radius 2 is 2.32 bits per heavy atom. The third kappa shape index (κ3) is 3.94. The van der Waals surface area contributed by atoms with Crippen LogP contribution in [-0.4, -0.2) is 37.7 Å². The van der Waals surface area contributed by atoms with Gasteiger partial charge in [-0.1, -0.05) is 13.0 Å². The lowest BCUT2D eigenvalue weighted by Crippen LogP contribution is -2.36. The Hall–Kier alpha value is -0.580. The quantitative estimate of drug-likeness (QED) is 0.869. The Kier molecular flexibility index (Phi) is 5.67. The smallest absolute Gasteiger partial charge is 0.133 e. The van der Waals surface area contributed by atoms with E-state index in [0.717, 1.165) is 36.4 Å². The monoisotopic (exact) mass is 326 g/mol. The molecule has 0 aromatic heterocycles. The lowest BCUT2D eigenvalue weighted by molar-refractivity contribution is 0.199. The van der Waals surface area contributed by atoms with E-state index in [2.05, 4.69) is 45.2 Å². The van der Waals surface area contributed by atoms with Gasteiger partial charge in [-0.25, -0.2) is 0 Å². The molecule has 0 aliphatic carbocycles. The average Bonchev–Trinajstić information content (AvgIpc) is 2.92. The second kappa shape index (κ2) is 7.27. The first-order valence-electron chi connectivity index (χ1n) is 7.01. The van der Waals surface area contributed by atoms with Crippen LogP contribution in [0, 0.1) is 0 Å². The molecule has 1 heterocycles. The van der Waals surface area contributed by atoms with E-state index in [0.29, 0.717) is 6.04 Å². The standard InChI is InChI=1S/C15H23BrN2O/c1-3-8-18(13-6-7-17-10-13)11-12-4-5-15(19-2)14(16)9-12/h4-5,9,13,17H,3,6-8,10-11H2,1-2H3. The molecule has 1 atom stereocenters. The topological polar surface area (TPSA) is 24.5 Å². The molecule has 19 heavy (non-hydrogen) atoms. The van der Waals surface area contributed by atoms with Gasteiger partial charge in [-0.2, -0.15) is 0 Å². The van der Waals surface area contributed by atoms with Crippen molar-refractivity contribution in [3.8, 4) is 5.75 Å². The summed E-state index contributed by atoms with van der Waals surface area (Å²) in [6, 6.07) is 7.05. The number of hydrogen-bond acceptors (Lipinski definition) is 3. The van der Waals surface area contributed by atoms with Gasteiger partial charge in [0.05, 0.1) is 11.6 Å². The number of methoxy groups -OCH3 is 1. The molecule has 1 fully saturated rings. The summed E-state index contributed by atoms with van der Waals surface area (Å²) < 4.78 is 6.32. The number of nitrogens with one attached hydrogen (secondary N) is 1. The van der Waals surface area contributed by atoms with Crippen LogP contribution in [0.2, 0.25) is 0 Å². The van der Waals surface area contributed by atoms with Crippen molar-refractivity contribution in [2.24, 2.45) is 0 Å². The molecule has 1 N–H and O–H groups in total. The number of nitrogens with zero attached hydrogens (tertiary/aromatic N) is 1. The van der Waals surface area contributed by atoms with Gasteiger partial charge in [0.15, 0.2) is 0 Å². The van der Waals surface area contributed by atoms with Crippen LogP contribution < -0.4 is 10.1 Å². The van der Waals surface area contributed by atoms with Crippen molar-refractivity contribution in [1.29, 1.82) is 0 Å². The van der Waals surface area contributed by atoms with Crippen LogP contribution in [-0.2, 0) is 6.54 Å². The molecular weight excluding hydrogens is 304 g/mol. The van der Waals surface area contributed by atoms with Gasteiger partial charge in [0.1, 0.15) is 5.75 Å². The summed E-state index contributed by atoms with van der Waals surface area (Å²) in [5.74, 6) is 0.897. The fourth-order valence-corrected chi connectivity index (χ4v) is 3.26. The Labute approximate surface area is 124 Å². The van der Waals surface area contributed by atoms with Crippen molar-refractivity contribution in [3.05, 3.63) is 28.2 Å². The molecule has 3 nitrogen and oxygen atoms in total. The molecule has 1 aromatic rings. The summed E-state index contributed by atoms with van der Waals surface area (Å²) >= 11 is 3.56. The Morgan fingerprint density at radius 1 is 1.47 bits per heavy atom. The Balaban J connectivity index is 2.05. The SMILES string of the molecule is CCCN(Cc1ccc(OC)c(Br)c1)C1CCNC1. The van der Waals surface area contributed by atoms with Crippen LogP contribution in [0.5, 0.6) is 5.75 Å². The minimum Gasteiger partial charge on any atom is -0.496 e. The maximum atomic E-state index is 5.28. The highest BCUT2D eigenvalue weighted by atomic mass is 79.9. The predicted octanol–water partition coefficient (Wildman–Crippen LogP) is 3.03. The largest absolute Gasteiger partial charge is 0.496 e. The molecule has 2 rings (SSSR count). The van der Waals surface area contributed by atoms with Gasteiger partial charge >= 0.3 is 0 Å². The van der Waals surface area contributed by atoms with Crippen LogP contribution in [0.3, 0.4) is 0 Å². The number of ether oxygens (including phenoxy) is 1. The van der Waals surface area contributed by atoms with E-state index < -0.39 is 0 Å². The average molecular weight is 327 g/mol. The van der Waals surface area contributed by atoms with E-state index in [9.17, 15) is 0 Å². The first kappa shape index (κ1) is 14.8. The van der Waals surface area contributed by atoms with E-state index >= 15 is 0 Å². The molecule has 0 bridgehead atoms. The van der Waals surface area contributed by atoms with Crippen molar-refractivity contribution in [3.63, 3.8) is 0 Å². The number of hydrogen-bond donors (Lipinski definition) is 1. The minimum absolute atomic E-state index is 0.681. The van der Waals surface area contributed by atoms with Crippen molar-refractivity contribution < 1.29 is 4.74 Å². The zero-order chi connectivity index (χ0) is 13.7. The maximum Gasteiger partial charge on any atom is 0.133 e. The van der Waals surface area contributed by atoms with Gasteiger partial charge in [-0.15, -0.1) is 0 Å². The normalized spacial score (nSPS) is 19.1. The molecule has 0 amide bonds. The summed E-state index contributed by atoms with van der Waals surface area (Å²) in [6.07, 6.45) is 2.46. The summed E-state index contributed by atoms with van der Waals surface area (Å²) in [6.45, 7) is 6.70. The summed E-state index contributed by atoms with van der Waals surface area (Å²) in [4.78, 5) is 2.59. The highest BCUT2D eigenvalue weighted by Gasteiger charge is 2.21. The van der Waals surface area contributed by atoms with Gasteiger partial charge in [-0.05, 0) is 59.6 Å². The molecule has 4 heteroatoms. The second-order valence-electron chi connectivity index (χ2n) is 5.09. The van der Waals surface area contributed by atoms with E-state index in [-0.39, 0.29) is 0 Å². The van der Waals surface area contributed by atoms with Crippen LogP contribution >= 0.6 is 15.9 Å². The molecular formula is C15H23BrN2O. The minimum atomic E-state index is 0.681. The Bertz CT molecular complexity index is 405. The molecule has 1 aliphatic rings. The summed E-state index contributed by atoms with van der Waals surface area (Å²) in [7, 11) is 1.70. The van der Waals surface area contributed by atoms with Gasteiger partial charge in [0.25, 0.3) is 0 Å². The second-order valence-corrected chi connectivity index (χ2v) is 5.94. The van der Waals surface area contributed by atoms with E-state index in [1.807, 2.05) is 6.07 Å². The zero-order valence-corrected chi connectivity index (χ0v) is 13.4. The van der Waals surface area contributed by atoms with Crippen LogP contribution in [0.4, 0.5) is 0 Å². The molecule has 1 saturated heterocycles. The van der Waals surface area contributed by atoms with Crippen molar-refractivity contribution in [1.82, 2.24) is 10.2 Å². The highest BCUT2D eigenvalue weighted by molar-refractivity contribution is 9.10. The number of halogens is 1.